The first-order valence-corrected chi connectivity index (χ1v) is 9.10. The molecule has 0 spiro atoms. The molecule has 0 radical (unpaired) electrons. The Kier molecular flexibility index (Phi) is 3.98. The molecule has 3 aromatic carbocycles. The molecule has 0 aliphatic carbocycles. The smallest absolute Gasteiger partial charge is 0.269 e. The third-order valence-corrected chi connectivity index (χ3v) is 5.10. The molecule has 5 aromatic rings. The Labute approximate surface area is 164 Å². The summed E-state index contributed by atoms with van der Waals surface area (Å²) in [6, 6.07) is 17.1. The molecule has 0 fully saturated rings. The molecule has 0 aliphatic heterocycles. The third kappa shape index (κ3) is 2.99. The summed E-state index contributed by atoms with van der Waals surface area (Å²) < 4.78 is 31.1. The van der Waals surface area contributed by atoms with Crippen LogP contribution in [0, 0.1) is 11.6 Å². The quantitative estimate of drug-likeness (QED) is 0.480. The second-order valence-corrected chi connectivity index (χ2v) is 6.87. The molecule has 1 N–H and O–H groups in total. The summed E-state index contributed by atoms with van der Waals surface area (Å²) in [5, 5.41) is 0.960. The van der Waals surface area contributed by atoms with E-state index in [2.05, 4.69) is 9.97 Å². The number of hydrogen-bond donors (Lipinski definition) is 1. The summed E-state index contributed by atoms with van der Waals surface area (Å²) in [7, 11) is 0. The number of H-pyrrole nitrogens is 1. The molecule has 0 aliphatic rings. The summed E-state index contributed by atoms with van der Waals surface area (Å²) in [6.07, 6.45) is 2.98. The summed E-state index contributed by atoms with van der Waals surface area (Å²) in [5.41, 5.74) is 2.66. The fraction of sp³-hybridized carbons (Fsp3) is 0.0435. The molecular weight excluding hydrogens is 372 g/mol. The number of fused-ring (bicyclic) bond motifs is 2. The highest BCUT2D eigenvalue weighted by Crippen LogP contribution is 2.28. The maximum atomic E-state index is 14.9. The zero-order valence-electron chi connectivity index (χ0n) is 15.2. The first-order valence-electron chi connectivity index (χ1n) is 9.10. The first-order chi connectivity index (χ1) is 14.1. The first kappa shape index (κ1) is 17.3. The third-order valence-electron chi connectivity index (χ3n) is 5.10. The van der Waals surface area contributed by atoms with E-state index in [1.165, 1.54) is 22.9 Å². The van der Waals surface area contributed by atoms with Crippen LogP contribution in [0.25, 0.3) is 33.1 Å². The van der Waals surface area contributed by atoms with Crippen molar-refractivity contribution >= 4 is 21.9 Å². The zero-order chi connectivity index (χ0) is 20.0. The minimum Gasteiger partial charge on any atom is -0.361 e. The molecule has 4 nitrogen and oxygen atoms in total. The number of rotatable bonds is 3. The van der Waals surface area contributed by atoms with Crippen molar-refractivity contribution in [2.24, 2.45) is 0 Å². The van der Waals surface area contributed by atoms with Gasteiger partial charge in [-0.05, 0) is 59.0 Å². The molecule has 2 heterocycles. The maximum absolute atomic E-state index is 14.9. The van der Waals surface area contributed by atoms with Gasteiger partial charge in [0.05, 0.1) is 23.8 Å². The van der Waals surface area contributed by atoms with Crippen LogP contribution in [-0.2, 0) is 6.54 Å². The number of nitrogens with one attached hydrogen (secondary N) is 1. The van der Waals surface area contributed by atoms with E-state index in [9.17, 15) is 13.6 Å². The normalized spacial score (nSPS) is 11.4. The van der Waals surface area contributed by atoms with Crippen LogP contribution in [0.1, 0.15) is 5.56 Å². The summed E-state index contributed by atoms with van der Waals surface area (Å²) >= 11 is 0. The lowest BCUT2D eigenvalue weighted by molar-refractivity contribution is 0.545. The molecule has 142 valence electrons. The van der Waals surface area contributed by atoms with Crippen molar-refractivity contribution in [3.63, 3.8) is 0 Å². The van der Waals surface area contributed by atoms with E-state index >= 15 is 0 Å². The molecular formula is C23H15F2N3O. The largest absolute Gasteiger partial charge is 0.361 e. The maximum Gasteiger partial charge on any atom is 0.269 e. The number of halogens is 2. The van der Waals surface area contributed by atoms with E-state index in [1.54, 1.807) is 24.3 Å². The van der Waals surface area contributed by atoms with E-state index in [4.69, 9.17) is 0 Å². The van der Waals surface area contributed by atoms with Gasteiger partial charge in [0.25, 0.3) is 5.56 Å². The van der Waals surface area contributed by atoms with Gasteiger partial charge in [0.2, 0.25) is 0 Å². The van der Waals surface area contributed by atoms with Gasteiger partial charge in [0.1, 0.15) is 11.6 Å². The van der Waals surface area contributed by atoms with Gasteiger partial charge in [0, 0.05) is 17.3 Å². The van der Waals surface area contributed by atoms with Gasteiger partial charge < -0.3 is 9.55 Å². The van der Waals surface area contributed by atoms with Gasteiger partial charge in [-0.15, -0.1) is 0 Å². The monoisotopic (exact) mass is 387 g/mol. The number of nitrogens with zero attached hydrogens (tertiary/aromatic N) is 2. The number of hydrogen-bond acceptors (Lipinski definition) is 2. The molecule has 6 heteroatoms. The number of benzene rings is 3. The van der Waals surface area contributed by atoms with Crippen molar-refractivity contribution in [3.8, 4) is 11.1 Å². The van der Waals surface area contributed by atoms with Crippen LogP contribution in [0.4, 0.5) is 8.78 Å². The molecule has 0 amide bonds. The predicted octanol–water partition coefficient (Wildman–Crippen LogP) is 4.87. The van der Waals surface area contributed by atoms with Crippen LogP contribution in [0.15, 0.2) is 77.9 Å². The molecule has 0 saturated heterocycles. The Hall–Kier alpha value is -3.80. The Balaban J connectivity index is 1.59. The minimum absolute atomic E-state index is 0.157. The average molecular weight is 387 g/mol. The molecule has 0 atom stereocenters. The standard InChI is InChI=1S/C23H15F2N3O/c24-18-10-16(14-5-6-20-15(9-14)7-8-26-20)11-19(25)17(18)13-28-22-4-2-1-3-21(22)27-12-23(28)29/h1-12,26H,13H2. The van der Waals surface area contributed by atoms with Gasteiger partial charge in [-0.1, -0.05) is 18.2 Å². The van der Waals surface area contributed by atoms with Gasteiger partial charge in [-0.2, -0.15) is 0 Å². The molecule has 0 bridgehead atoms. The Morgan fingerprint density at radius 1 is 0.931 bits per heavy atom. The summed E-state index contributed by atoms with van der Waals surface area (Å²) in [4.78, 5) is 19.5. The van der Waals surface area contributed by atoms with E-state index in [1.807, 2.05) is 30.5 Å². The lowest BCUT2D eigenvalue weighted by Crippen LogP contribution is -2.22. The Morgan fingerprint density at radius 3 is 2.55 bits per heavy atom. The topological polar surface area (TPSA) is 50.7 Å². The van der Waals surface area contributed by atoms with Crippen molar-refractivity contribution in [1.29, 1.82) is 0 Å². The summed E-state index contributed by atoms with van der Waals surface area (Å²) in [5.74, 6) is -1.39. The van der Waals surface area contributed by atoms with Crippen LogP contribution in [-0.4, -0.2) is 14.5 Å². The van der Waals surface area contributed by atoms with E-state index < -0.39 is 17.2 Å². The van der Waals surface area contributed by atoms with Crippen LogP contribution >= 0.6 is 0 Å². The van der Waals surface area contributed by atoms with Crippen molar-refractivity contribution in [3.05, 3.63) is 101 Å². The van der Waals surface area contributed by atoms with E-state index in [-0.39, 0.29) is 12.1 Å². The van der Waals surface area contributed by atoms with Crippen LogP contribution in [0.5, 0.6) is 0 Å². The van der Waals surface area contributed by atoms with Crippen LogP contribution < -0.4 is 5.56 Å². The molecule has 29 heavy (non-hydrogen) atoms. The molecule has 0 saturated carbocycles. The molecule has 5 rings (SSSR count). The van der Waals surface area contributed by atoms with Crippen molar-refractivity contribution in [1.82, 2.24) is 14.5 Å². The molecule has 0 unspecified atom stereocenters. The van der Waals surface area contributed by atoms with E-state index in [0.717, 1.165) is 10.9 Å². The highest BCUT2D eigenvalue weighted by atomic mass is 19.1. The lowest BCUT2D eigenvalue weighted by Gasteiger charge is -2.12. The lowest BCUT2D eigenvalue weighted by atomic mass is 10.0. The number of aromatic amines is 1. The van der Waals surface area contributed by atoms with Crippen molar-refractivity contribution in [2.45, 2.75) is 6.54 Å². The second kappa shape index (κ2) is 6.67. The SMILES string of the molecule is O=c1cnc2ccccc2n1Cc1c(F)cc(-c2ccc3[nH]ccc3c2)cc1F. The zero-order valence-corrected chi connectivity index (χ0v) is 15.2. The second-order valence-electron chi connectivity index (χ2n) is 6.87. The van der Waals surface area contributed by atoms with Crippen LogP contribution in [0.3, 0.4) is 0 Å². The molecule has 2 aromatic heterocycles. The van der Waals surface area contributed by atoms with Gasteiger partial charge in [-0.3, -0.25) is 4.79 Å². The van der Waals surface area contributed by atoms with Crippen molar-refractivity contribution in [2.75, 3.05) is 0 Å². The number of aromatic nitrogens is 3. The fourth-order valence-electron chi connectivity index (χ4n) is 3.59. The van der Waals surface area contributed by atoms with Gasteiger partial charge in [-0.25, -0.2) is 13.8 Å². The summed E-state index contributed by atoms with van der Waals surface area (Å²) in [6.45, 7) is -0.212. The Bertz CT molecular complexity index is 1410. The predicted molar refractivity (Wildman–Crippen MR) is 109 cm³/mol. The Morgan fingerprint density at radius 2 is 1.72 bits per heavy atom. The van der Waals surface area contributed by atoms with Crippen molar-refractivity contribution < 1.29 is 8.78 Å². The highest BCUT2D eigenvalue weighted by Gasteiger charge is 2.15. The van der Waals surface area contributed by atoms with Gasteiger partial charge >= 0.3 is 0 Å². The minimum atomic E-state index is -0.693. The highest BCUT2D eigenvalue weighted by molar-refractivity contribution is 5.85. The van der Waals surface area contributed by atoms with Crippen LogP contribution in [0.2, 0.25) is 0 Å². The number of para-hydroxylation sites is 2. The fourth-order valence-corrected chi connectivity index (χ4v) is 3.59. The average Bonchev–Trinajstić information content (AvgIpc) is 3.19. The van der Waals surface area contributed by atoms with Gasteiger partial charge in [0.15, 0.2) is 0 Å². The van der Waals surface area contributed by atoms with E-state index in [0.29, 0.717) is 22.2 Å².